The Labute approximate surface area is 80.9 Å². The third-order valence-corrected chi connectivity index (χ3v) is 2.45. The van der Waals surface area contributed by atoms with Gasteiger partial charge in [-0.05, 0) is 25.9 Å². The minimum absolute atomic E-state index is 0.154. The first-order valence-corrected chi connectivity index (χ1v) is 4.79. The fourth-order valence-corrected chi connectivity index (χ4v) is 1.61. The number of Topliss-reactive ketones (excluding diaryl/α,β-unsaturated/α-hetero) is 1. The van der Waals surface area contributed by atoms with Gasteiger partial charge < -0.3 is 5.32 Å². The zero-order chi connectivity index (χ0) is 10.6. The van der Waals surface area contributed by atoms with Crippen molar-refractivity contribution in [3.63, 3.8) is 0 Å². The smallest absolute Gasteiger partial charge is 0.317 e. The van der Waals surface area contributed by atoms with E-state index in [1.54, 1.807) is 0 Å². The summed E-state index contributed by atoms with van der Waals surface area (Å²) in [6, 6.07) is 0. The number of ketones is 1. The van der Waals surface area contributed by atoms with Crippen LogP contribution < -0.4 is 5.32 Å². The van der Waals surface area contributed by atoms with Gasteiger partial charge in [0, 0.05) is 12.3 Å². The Morgan fingerprint density at radius 2 is 1.86 bits per heavy atom. The lowest BCUT2D eigenvalue weighted by Gasteiger charge is -2.21. The van der Waals surface area contributed by atoms with E-state index < -0.39 is 12.6 Å². The second-order valence-electron chi connectivity index (χ2n) is 3.61. The Bertz CT molecular complexity index is 197. The Kier molecular flexibility index (Phi) is 3.92. The van der Waals surface area contributed by atoms with E-state index in [-0.39, 0.29) is 18.1 Å². The highest BCUT2D eigenvalue weighted by molar-refractivity contribution is 5.81. The molecule has 1 rings (SSSR count). The van der Waals surface area contributed by atoms with Gasteiger partial charge in [-0.3, -0.25) is 4.79 Å². The van der Waals surface area contributed by atoms with E-state index in [1.165, 1.54) is 0 Å². The molecular weight excluding hydrogens is 195 g/mol. The van der Waals surface area contributed by atoms with Crippen molar-refractivity contribution < 1.29 is 18.0 Å². The van der Waals surface area contributed by atoms with Gasteiger partial charge in [0.15, 0.2) is 0 Å². The Balaban J connectivity index is 2.27. The quantitative estimate of drug-likeness (QED) is 0.769. The average Bonchev–Trinajstić information content (AvgIpc) is 2.14. The lowest BCUT2D eigenvalue weighted by Crippen LogP contribution is -2.32. The number of carbonyl (C=O) groups excluding carboxylic acids is 1. The molecule has 5 heteroatoms. The van der Waals surface area contributed by atoms with E-state index in [2.05, 4.69) is 5.32 Å². The van der Waals surface area contributed by atoms with Crippen LogP contribution in [0.5, 0.6) is 0 Å². The van der Waals surface area contributed by atoms with Gasteiger partial charge >= 0.3 is 6.18 Å². The molecule has 0 radical (unpaired) electrons. The lowest BCUT2D eigenvalue weighted by atomic mass is 9.91. The molecule has 0 aromatic heterocycles. The molecule has 1 aliphatic rings. The zero-order valence-electron chi connectivity index (χ0n) is 7.86. The Morgan fingerprint density at radius 3 is 2.36 bits per heavy atom. The second-order valence-corrected chi connectivity index (χ2v) is 3.61. The largest absolute Gasteiger partial charge is 0.389 e. The van der Waals surface area contributed by atoms with Crippen molar-refractivity contribution in [2.75, 3.05) is 13.1 Å². The molecule has 1 N–H and O–H groups in total. The number of alkyl halides is 3. The van der Waals surface area contributed by atoms with Crippen LogP contribution in [-0.4, -0.2) is 25.0 Å². The van der Waals surface area contributed by atoms with Crippen LogP contribution >= 0.6 is 0 Å². The van der Waals surface area contributed by atoms with Gasteiger partial charge in [0.05, 0.1) is 6.42 Å². The highest BCUT2D eigenvalue weighted by Gasteiger charge is 2.30. The molecule has 1 saturated heterocycles. The van der Waals surface area contributed by atoms with Gasteiger partial charge in [0.1, 0.15) is 5.78 Å². The number of carbonyl (C=O) groups is 1. The normalized spacial score (nSPS) is 19.6. The SMILES string of the molecule is O=C(CCC(F)(F)F)C1CCNCC1. The molecule has 0 atom stereocenters. The summed E-state index contributed by atoms with van der Waals surface area (Å²) in [5.41, 5.74) is 0. The standard InChI is InChI=1S/C9H14F3NO/c10-9(11,12)4-1-8(14)7-2-5-13-6-3-7/h7,13H,1-6H2. The molecule has 2 nitrogen and oxygen atoms in total. The molecule has 0 aliphatic carbocycles. The van der Waals surface area contributed by atoms with E-state index in [0.29, 0.717) is 12.8 Å². The van der Waals surface area contributed by atoms with Gasteiger partial charge in [-0.25, -0.2) is 0 Å². The molecule has 0 aromatic carbocycles. The molecule has 0 amide bonds. The summed E-state index contributed by atoms with van der Waals surface area (Å²) < 4.78 is 35.5. The minimum atomic E-state index is -4.21. The molecular formula is C9H14F3NO. The fraction of sp³-hybridized carbons (Fsp3) is 0.889. The molecule has 1 fully saturated rings. The van der Waals surface area contributed by atoms with Crippen molar-refractivity contribution >= 4 is 5.78 Å². The zero-order valence-corrected chi connectivity index (χ0v) is 7.86. The van der Waals surface area contributed by atoms with Crippen LogP contribution in [0.2, 0.25) is 0 Å². The Hall–Kier alpha value is -0.580. The van der Waals surface area contributed by atoms with Crippen molar-refractivity contribution in [1.82, 2.24) is 5.32 Å². The molecule has 0 unspecified atom stereocenters. The van der Waals surface area contributed by atoms with Gasteiger partial charge in [0.25, 0.3) is 0 Å². The molecule has 0 bridgehead atoms. The van der Waals surface area contributed by atoms with Crippen LogP contribution in [0.3, 0.4) is 0 Å². The number of piperidine rings is 1. The number of halogens is 3. The van der Waals surface area contributed by atoms with E-state index in [0.717, 1.165) is 13.1 Å². The van der Waals surface area contributed by atoms with Crippen molar-refractivity contribution in [1.29, 1.82) is 0 Å². The van der Waals surface area contributed by atoms with Gasteiger partial charge in [-0.2, -0.15) is 13.2 Å². The minimum Gasteiger partial charge on any atom is -0.317 e. The maximum Gasteiger partial charge on any atom is 0.389 e. The van der Waals surface area contributed by atoms with Crippen molar-refractivity contribution in [3.05, 3.63) is 0 Å². The molecule has 1 aliphatic heterocycles. The summed E-state index contributed by atoms with van der Waals surface area (Å²) in [6.45, 7) is 1.48. The maximum atomic E-state index is 11.8. The summed E-state index contributed by atoms with van der Waals surface area (Å²) in [6.07, 6.45) is -4.18. The predicted molar refractivity (Wildman–Crippen MR) is 45.9 cm³/mol. The van der Waals surface area contributed by atoms with Crippen LogP contribution in [0, 0.1) is 5.92 Å². The summed E-state index contributed by atoms with van der Waals surface area (Å²) in [5, 5.41) is 3.07. The molecule has 1 heterocycles. The maximum absolute atomic E-state index is 11.8. The first-order valence-electron chi connectivity index (χ1n) is 4.79. The van der Waals surface area contributed by atoms with Gasteiger partial charge in [-0.1, -0.05) is 0 Å². The Morgan fingerprint density at radius 1 is 1.29 bits per heavy atom. The number of hydrogen-bond donors (Lipinski definition) is 1. The third-order valence-electron chi connectivity index (χ3n) is 2.45. The van der Waals surface area contributed by atoms with E-state index >= 15 is 0 Å². The van der Waals surface area contributed by atoms with Crippen LogP contribution in [0.25, 0.3) is 0 Å². The predicted octanol–water partition coefficient (Wildman–Crippen LogP) is 1.90. The first kappa shape index (κ1) is 11.5. The number of hydrogen-bond acceptors (Lipinski definition) is 2. The summed E-state index contributed by atoms with van der Waals surface area (Å²) in [7, 11) is 0. The fourth-order valence-electron chi connectivity index (χ4n) is 1.61. The monoisotopic (exact) mass is 209 g/mol. The number of rotatable bonds is 3. The lowest BCUT2D eigenvalue weighted by molar-refractivity contribution is -0.145. The highest BCUT2D eigenvalue weighted by atomic mass is 19.4. The van der Waals surface area contributed by atoms with Crippen LogP contribution in [0.15, 0.2) is 0 Å². The summed E-state index contributed by atoms with van der Waals surface area (Å²) >= 11 is 0. The molecule has 0 saturated carbocycles. The molecule has 82 valence electrons. The molecule has 0 aromatic rings. The van der Waals surface area contributed by atoms with Gasteiger partial charge in [-0.15, -0.1) is 0 Å². The third kappa shape index (κ3) is 4.09. The van der Waals surface area contributed by atoms with Crippen LogP contribution in [0.4, 0.5) is 13.2 Å². The van der Waals surface area contributed by atoms with E-state index in [9.17, 15) is 18.0 Å². The van der Waals surface area contributed by atoms with Crippen molar-refractivity contribution in [2.45, 2.75) is 31.9 Å². The molecule has 14 heavy (non-hydrogen) atoms. The van der Waals surface area contributed by atoms with E-state index in [1.807, 2.05) is 0 Å². The highest BCUT2D eigenvalue weighted by Crippen LogP contribution is 2.24. The second kappa shape index (κ2) is 4.77. The topological polar surface area (TPSA) is 29.1 Å². The number of nitrogens with one attached hydrogen (secondary N) is 1. The average molecular weight is 209 g/mol. The summed E-state index contributed by atoms with van der Waals surface area (Å²) in [5.74, 6) is -0.387. The molecule has 0 spiro atoms. The van der Waals surface area contributed by atoms with Crippen molar-refractivity contribution in [3.8, 4) is 0 Å². The van der Waals surface area contributed by atoms with E-state index in [4.69, 9.17) is 0 Å². The van der Waals surface area contributed by atoms with Crippen LogP contribution in [-0.2, 0) is 4.79 Å². The van der Waals surface area contributed by atoms with Crippen molar-refractivity contribution in [2.24, 2.45) is 5.92 Å². The van der Waals surface area contributed by atoms with Gasteiger partial charge in [0.2, 0.25) is 0 Å². The first-order chi connectivity index (χ1) is 6.49. The van der Waals surface area contributed by atoms with Crippen LogP contribution in [0.1, 0.15) is 25.7 Å². The summed E-state index contributed by atoms with van der Waals surface area (Å²) in [4.78, 5) is 11.3.